The molecule has 2 heterocycles. The van der Waals surface area contributed by atoms with Crippen LogP contribution >= 0.6 is 0 Å². The van der Waals surface area contributed by atoms with Gasteiger partial charge in [-0.15, -0.1) is 0 Å². The first-order valence-corrected chi connectivity index (χ1v) is 12.4. The Bertz CT molecular complexity index is 1460. The van der Waals surface area contributed by atoms with Gasteiger partial charge in [0.25, 0.3) is 0 Å². The quantitative estimate of drug-likeness (QED) is 0.278. The van der Waals surface area contributed by atoms with E-state index in [-0.39, 0.29) is 23.9 Å². The summed E-state index contributed by atoms with van der Waals surface area (Å²) in [5.41, 5.74) is 3.04. The number of benzene rings is 3. The largest absolute Gasteiger partial charge is 0.502 e. The topological polar surface area (TPSA) is 103 Å². The minimum atomic E-state index is -1.20. The van der Waals surface area contributed by atoms with E-state index in [1.54, 1.807) is 24.0 Å². The molecule has 2 atom stereocenters. The monoisotopic (exact) mass is 515 g/mol. The molecule has 1 N–H and O–H groups in total. The number of phenols is 1. The first-order valence-electron chi connectivity index (χ1n) is 12.4. The second kappa shape index (κ2) is 10.5. The van der Waals surface area contributed by atoms with Crippen LogP contribution in [0.2, 0.25) is 0 Å². The van der Waals surface area contributed by atoms with Crippen molar-refractivity contribution in [3.63, 3.8) is 0 Å². The Hall–Kier alpha value is -4.53. The van der Waals surface area contributed by atoms with Crippen LogP contribution in [0, 0.1) is 5.92 Å². The van der Waals surface area contributed by atoms with Crippen LogP contribution in [0.5, 0.6) is 17.2 Å². The van der Waals surface area contributed by atoms with Crippen LogP contribution in [-0.2, 0) is 20.7 Å². The minimum absolute atomic E-state index is 0.124. The molecule has 0 saturated carbocycles. The van der Waals surface area contributed by atoms with Crippen molar-refractivity contribution in [2.45, 2.75) is 19.4 Å². The molecule has 0 unspecified atom stereocenters. The van der Waals surface area contributed by atoms with Crippen molar-refractivity contribution in [1.82, 2.24) is 9.55 Å². The van der Waals surface area contributed by atoms with Crippen molar-refractivity contribution in [1.29, 1.82) is 0 Å². The predicted molar refractivity (Wildman–Crippen MR) is 142 cm³/mol. The van der Waals surface area contributed by atoms with Crippen LogP contribution in [0.15, 0.2) is 66.7 Å². The van der Waals surface area contributed by atoms with Gasteiger partial charge in [-0.25, -0.2) is 4.98 Å². The third kappa shape index (κ3) is 4.30. The van der Waals surface area contributed by atoms with Crippen molar-refractivity contribution < 1.29 is 28.9 Å². The maximum atomic E-state index is 14.1. The summed E-state index contributed by atoms with van der Waals surface area (Å²) in [7, 11) is 2.85. The molecule has 0 saturated heterocycles. The number of rotatable bonds is 8. The van der Waals surface area contributed by atoms with Crippen molar-refractivity contribution in [3.8, 4) is 17.2 Å². The van der Waals surface area contributed by atoms with Gasteiger partial charge in [0.1, 0.15) is 0 Å². The first kappa shape index (κ1) is 25.1. The molecule has 1 aliphatic rings. The number of imidazole rings is 1. The van der Waals surface area contributed by atoms with Gasteiger partial charge in [0.05, 0.1) is 37.9 Å². The molecule has 0 bridgehead atoms. The second-order valence-corrected chi connectivity index (χ2v) is 8.94. The van der Waals surface area contributed by atoms with Gasteiger partial charge in [-0.05, 0) is 48.7 Å². The lowest BCUT2D eigenvalue weighted by Gasteiger charge is -2.38. The zero-order valence-corrected chi connectivity index (χ0v) is 21.5. The number of methoxy groups -OCH3 is 2. The van der Waals surface area contributed by atoms with Gasteiger partial charge in [0.15, 0.2) is 17.4 Å². The average molecular weight is 516 g/mol. The highest BCUT2D eigenvalue weighted by molar-refractivity contribution is 6.08. The Labute approximate surface area is 220 Å². The number of phenolic OH excluding ortho intramolecular Hbond substituents is 1. The summed E-state index contributed by atoms with van der Waals surface area (Å²) in [6, 6.07) is 19.8. The van der Waals surface area contributed by atoms with Crippen molar-refractivity contribution in [2.75, 3.05) is 32.3 Å². The predicted octanol–water partition coefficient (Wildman–Crippen LogP) is 4.12. The van der Waals surface area contributed by atoms with Gasteiger partial charge in [0, 0.05) is 6.54 Å². The number of hydrogen-bond acceptors (Lipinski definition) is 7. The number of fused-ring (bicyclic) bond motifs is 3. The fourth-order valence-corrected chi connectivity index (χ4v) is 5.03. The number of nitrogens with zero attached hydrogens (tertiary/aromatic N) is 3. The van der Waals surface area contributed by atoms with Crippen LogP contribution in [0.25, 0.3) is 11.0 Å². The van der Waals surface area contributed by atoms with E-state index in [1.165, 1.54) is 14.2 Å². The van der Waals surface area contributed by atoms with Crippen LogP contribution in [-0.4, -0.2) is 53.9 Å². The van der Waals surface area contributed by atoms with Crippen molar-refractivity contribution >= 4 is 28.9 Å². The summed E-state index contributed by atoms with van der Waals surface area (Å²) < 4.78 is 18.1. The van der Waals surface area contributed by atoms with Gasteiger partial charge in [-0.2, -0.15) is 0 Å². The minimum Gasteiger partial charge on any atom is -0.502 e. The fourth-order valence-electron chi connectivity index (χ4n) is 5.03. The maximum absolute atomic E-state index is 14.1. The van der Waals surface area contributed by atoms with Gasteiger partial charge in [0.2, 0.25) is 17.6 Å². The van der Waals surface area contributed by atoms with E-state index in [0.717, 1.165) is 11.1 Å². The summed E-state index contributed by atoms with van der Waals surface area (Å²) in [4.78, 5) is 34.0. The van der Waals surface area contributed by atoms with E-state index in [9.17, 15) is 14.7 Å². The Morgan fingerprint density at radius 2 is 1.66 bits per heavy atom. The molecule has 196 valence electrons. The highest BCUT2D eigenvalue weighted by atomic mass is 16.5. The standard InChI is InChI=1S/C29H29N3O6/c1-4-38-28(35)24-25(19-16-22(36-2)26(33)23(17-19)37-3)32-21-13-9-8-12-20(21)30-29(32)31(27(24)34)15-14-18-10-6-5-7-11-18/h5-13,16-17,24-25,33H,4,14-15H2,1-3H3/t24-,25-/m0/s1. The molecule has 9 nitrogen and oxygen atoms in total. The Kier molecular flexibility index (Phi) is 6.91. The van der Waals surface area contributed by atoms with Gasteiger partial charge in [-0.1, -0.05) is 42.5 Å². The van der Waals surface area contributed by atoms with E-state index in [4.69, 9.17) is 19.2 Å². The number of anilines is 1. The summed E-state index contributed by atoms with van der Waals surface area (Å²) in [6.07, 6.45) is 0.580. The molecule has 1 aromatic heterocycles. The van der Waals surface area contributed by atoms with Gasteiger partial charge < -0.3 is 23.9 Å². The zero-order chi connectivity index (χ0) is 26.8. The van der Waals surface area contributed by atoms with E-state index in [1.807, 2.05) is 59.2 Å². The number of carbonyl (C=O) groups is 2. The lowest BCUT2D eigenvalue weighted by molar-refractivity contribution is -0.153. The smallest absolute Gasteiger partial charge is 0.321 e. The molecule has 5 rings (SSSR count). The second-order valence-electron chi connectivity index (χ2n) is 8.94. The molecular weight excluding hydrogens is 486 g/mol. The number of amides is 1. The molecule has 0 aliphatic carbocycles. The van der Waals surface area contributed by atoms with Crippen molar-refractivity contribution in [3.05, 3.63) is 77.9 Å². The van der Waals surface area contributed by atoms with Crippen LogP contribution < -0.4 is 14.4 Å². The molecule has 0 spiro atoms. The normalized spacial score (nSPS) is 16.8. The highest BCUT2D eigenvalue weighted by Crippen LogP contribution is 2.46. The van der Waals surface area contributed by atoms with Crippen LogP contribution in [0.4, 0.5) is 5.95 Å². The van der Waals surface area contributed by atoms with E-state index in [2.05, 4.69) is 0 Å². The first-order chi connectivity index (χ1) is 18.5. The van der Waals surface area contributed by atoms with Gasteiger partial charge >= 0.3 is 5.97 Å². The van der Waals surface area contributed by atoms with Gasteiger partial charge in [-0.3, -0.25) is 14.5 Å². The Morgan fingerprint density at radius 3 is 2.32 bits per heavy atom. The molecule has 4 aromatic rings. The lowest BCUT2D eigenvalue weighted by Crippen LogP contribution is -2.50. The number of ether oxygens (including phenoxy) is 3. The van der Waals surface area contributed by atoms with E-state index >= 15 is 0 Å². The molecule has 0 fully saturated rings. The fraction of sp³-hybridized carbons (Fsp3) is 0.276. The Morgan fingerprint density at radius 1 is 1.00 bits per heavy atom. The number of aromatic hydroxyl groups is 1. The number of hydrogen-bond donors (Lipinski definition) is 1. The molecule has 0 radical (unpaired) electrons. The summed E-state index contributed by atoms with van der Waals surface area (Å²) in [6.45, 7) is 2.16. The molecule has 1 amide bonds. The molecular formula is C29H29N3O6. The maximum Gasteiger partial charge on any atom is 0.321 e. The molecule has 9 heteroatoms. The summed E-state index contributed by atoms with van der Waals surface area (Å²) >= 11 is 0. The lowest BCUT2D eigenvalue weighted by atomic mass is 9.88. The van der Waals surface area contributed by atoms with E-state index < -0.39 is 23.8 Å². The highest BCUT2D eigenvalue weighted by Gasteiger charge is 2.48. The third-order valence-corrected chi connectivity index (χ3v) is 6.80. The SMILES string of the molecule is CCOC(=O)[C@@H]1C(=O)N(CCc2ccccc2)c2nc3ccccc3n2[C@H]1c1cc(OC)c(O)c(OC)c1. The summed E-state index contributed by atoms with van der Waals surface area (Å²) in [5.74, 6) is -1.66. The Balaban J connectivity index is 1.73. The summed E-state index contributed by atoms with van der Waals surface area (Å²) in [5, 5.41) is 10.5. The molecule has 38 heavy (non-hydrogen) atoms. The molecule has 1 aliphatic heterocycles. The number of aromatic nitrogens is 2. The van der Waals surface area contributed by atoms with E-state index in [0.29, 0.717) is 30.0 Å². The number of carbonyl (C=O) groups excluding carboxylic acids is 2. The van der Waals surface area contributed by atoms with Crippen LogP contribution in [0.1, 0.15) is 24.1 Å². The molecule has 3 aromatic carbocycles. The number of para-hydroxylation sites is 2. The number of esters is 1. The average Bonchev–Trinajstić information content (AvgIpc) is 3.32. The van der Waals surface area contributed by atoms with Crippen LogP contribution in [0.3, 0.4) is 0 Å². The zero-order valence-electron chi connectivity index (χ0n) is 21.5. The van der Waals surface area contributed by atoms with Crippen molar-refractivity contribution in [2.24, 2.45) is 5.92 Å². The third-order valence-electron chi connectivity index (χ3n) is 6.80.